The maximum Gasteiger partial charge on any atom is 0.416 e. The van der Waals surface area contributed by atoms with Crippen LogP contribution in [0.3, 0.4) is 0 Å². The monoisotopic (exact) mass is 444 g/mol. The molecule has 2 amide bonds. The Bertz CT molecular complexity index is 1020. The minimum atomic E-state index is -4.68. The molecule has 3 rings (SSSR count). The molecule has 0 spiro atoms. The first-order chi connectivity index (χ1) is 13.6. The van der Waals surface area contributed by atoms with Gasteiger partial charge in [-0.25, -0.2) is 4.90 Å². The van der Waals surface area contributed by atoms with Gasteiger partial charge in [-0.05, 0) is 37.3 Å². The second-order valence-corrected chi connectivity index (χ2v) is 6.64. The standard InChI is InChI=1S/C19H13Cl2F3N2O3/c1-2-29-14-6-4-3-5-12(14)25-16-15(21)17(27)26(18(16)28)13-9-10(19(22,23)24)7-8-11(13)20/h3-9,25H,2H2,1H3. The molecule has 0 atom stereocenters. The highest BCUT2D eigenvalue weighted by atomic mass is 35.5. The van der Waals surface area contributed by atoms with Gasteiger partial charge in [0.1, 0.15) is 16.5 Å². The first kappa shape index (κ1) is 21.0. The van der Waals surface area contributed by atoms with E-state index >= 15 is 0 Å². The van der Waals surface area contributed by atoms with E-state index < -0.39 is 34.3 Å². The molecule has 2 aromatic rings. The minimum Gasteiger partial charge on any atom is -0.492 e. The van der Waals surface area contributed by atoms with E-state index in [-0.39, 0.29) is 10.7 Å². The fourth-order valence-electron chi connectivity index (χ4n) is 2.68. The number of rotatable bonds is 5. The van der Waals surface area contributed by atoms with Crippen LogP contribution in [0, 0.1) is 0 Å². The number of para-hydroxylation sites is 2. The number of nitrogens with zero attached hydrogens (tertiary/aromatic N) is 1. The van der Waals surface area contributed by atoms with E-state index in [1.807, 2.05) is 0 Å². The predicted molar refractivity (Wildman–Crippen MR) is 103 cm³/mol. The maximum atomic E-state index is 13.0. The lowest BCUT2D eigenvalue weighted by molar-refractivity contribution is -0.137. The number of ether oxygens (including phenoxy) is 1. The Morgan fingerprint density at radius 1 is 1.07 bits per heavy atom. The largest absolute Gasteiger partial charge is 0.492 e. The van der Waals surface area contributed by atoms with Crippen molar-refractivity contribution < 1.29 is 27.5 Å². The molecule has 1 aliphatic heterocycles. The van der Waals surface area contributed by atoms with Crippen molar-refractivity contribution in [3.8, 4) is 5.75 Å². The van der Waals surface area contributed by atoms with Gasteiger partial charge in [0.25, 0.3) is 11.8 Å². The number of imide groups is 1. The van der Waals surface area contributed by atoms with Gasteiger partial charge in [0.05, 0.1) is 28.6 Å². The van der Waals surface area contributed by atoms with Gasteiger partial charge in [-0.15, -0.1) is 0 Å². The van der Waals surface area contributed by atoms with E-state index in [1.165, 1.54) is 0 Å². The number of amides is 2. The Kier molecular flexibility index (Phi) is 5.77. The molecule has 0 radical (unpaired) electrons. The number of halogens is 5. The number of hydrogen-bond acceptors (Lipinski definition) is 4. The number of anilines is 2. The van der Waals surface area contributed by atoms with Crippen molar-refractivity contribution in [3.63, 3.8) is 0 Å². The third kappa shape index (κ3) is 4.04. The van der Waals surface area contributed by atoms with Crippen molar-refractivity contribution in [2.75, 3.05) is 16.8 Å². The van der Waals surface area contributed by atoms with Crippen LogP contribution in [-0.4, -0.2) is 18.4 Å². The summed E-state index contributed by atoms with van der Waals surface area (Å²) in [5.74, 6) is -1.52. The summed E-state index contributed by atoms with van der Waals surface area (Å²) in [6.07, 6.45) is -4.68. The van der Waals surface area contributed by atoms with Gasteiger partial charge in [0.15, 0.2) is 0 Å². The molecule has 0 saturated carbocycles. The highest BCUT2D eigenvalue weighted by Crippen LogP contribution is 2.39. The van der Waals surface area contributed by atoms with Crippen molar-refractivity contribution >= 4 is 46.4 Å². The third-order valence-corrected chi connectivity index (χ3v) is 4.66. The van der Waals surface area contributed by atoms with Gasteiger partial charge in [0.2, 0.25) is 0 Å². The summed E-state index contributed by atoms with van der Waals surface area (Å²) in [6, 6.07) is 8.96. The van der Waals surface area contributed by atoms with Crippen LogP contribution in [0.15, 0.2) is 53.2 Å². The van der Waals surface area contributed by atoms with Crippen LogP contribution in [0.25, 0.3) is 0 Å². The molecule has 0 saturated heterocycles. The van der Waals surface area contributed by atoms with Gasteiger partial charge in [-0.2, -0.15) is 13.2 Å². The van der Waals surface area contributed by atoms with Crippen LogP contribution in [0.1, 0.15) is 12.5 Å². The average molecular weight is 445 g/mol. The van der Waals surface area contributed by atoms with Crippen LogP contribution in [0.5, 0.6) is 5.75 Å². The number of nitrogens with one attached hydrogen (secondary N) is 1. The molecule has 0 bridgehead atoms. The lowest BCUT2D eigenvalue weighted by atomic mass is 10.2. The van der Waals surface area contributed by atoms with Crippen molar-refractivity contribution in [2.45, 2.75) is 13.1 Å². The van der Waals surface area contributed by atoms with Crippen LogP contribution >= 0.6 is 23.2 Å². The Labute approximate surface area is 173 Å². The summed E-state index contributed by atoms with van der Waals surface area (Å²) >= 11 is 12.0. The number of carbonyl (C=O) groups excluding carboxylic acids is 2. The molecule has 0 aliphatic carbocycles. The number of carbonyl (C=O) groups is 2. The second kappa shape index (κ2) is 7.96. The second-order valence-electron chi connectivity index (χ2n) is 5.85. The molecule has 29 heavy (non-hydrogen) atoms. The molecule has 5 nitrogen and oxygen atoms in total. The summed E-state index contributed by atoms with van der Waals surface area (Å²) in [5.41, 5.74) is -1.40. The molecular formula is C19H13Cl2F3N2O3. The van der Waals surface area contributed by atoms with E-state index in [0.29, 0.717) is 29.0 Å². The summed E-state index contributed by atoms with van der Waals surface area (Å²) in [6.45, 7) is 2.12. The zero-order valence-corrected chi connectivity index (χ0v) is 16.3. The number of benzene rings is 2. The first-order valence-electron chi connectivity index (χ1n) is 8.29. The first-order valence-corrected chi connectivity index (χ1v) is 9.05. The SMILES string of the molecule is CCOc1ccccc1NC1=C(Cl)C(=O)N(c2cc(C(F)(F)F)ccc2Cl)C1=O. The molecule has 0 unspecified atom stereocenters. The summed E-state index contributed by atoms with van der Waals surface area (Å²) in [5, 5.41) is 2.05. The highest BCUT2D eigenvalue weighted by Gasteiger charge is 2.41. The molecule has 1 N–H and O–H groups in total. The smallest absolute Gasteiger partial charge is 0.416 e. The van der Waals surface area contributed by atoms with Crippen molar-refractivity contribution in [1.29, 1.82) is 0 Å². The van der Waals surface area contributed by atoms with Crippen LogP contribution in [0.2, 0.25) is 5.02 Å². The lowest BCUT2D eigenvalue weighted by Crippen LogP contribution is -2.32. The number of hydrogen-bond donors (Lipinski definition) is 1. The van der Waals surface area contributed by atoms with Crippen LogP contribution < -0.4 is 15.0 Å². The zero-order valence-electron chi connectivity index (χ0n) is 14.8. The fraction of sp³-hybridized carbons (Fsp3) is 0.158. The Hall–Kier alpha value is -2.71. The van der Waals surface area contributed by atoms with Gasteiger partial charge in [-0.3, -0.25) is 9.59 Å². The Morgan fingerprint density at radius 3 is 2.41 bits per heavy atom. The normalized spacial score (nSPS) is 14.6. The molecule has 2 aromatic carbocycles. The van der Waals surface area contributed by atoms with Gasteiger partial charge in [0, 0.05) is 0 Å². The molecular weight excluding hydrogens is 432 g/mol. The molecule has 0 aromatic heterocycles. The van der Waals surface area contributed by atoms with Crippen molar-refractivity contribution in [1.82, 2.24) is 0 Å². The molecule has 1 heterocycles. The van der Waals surface area contributed by atoms with E-state index in [9.17, 15) is 22.8 Å². The average Bonchev–Trinajstić information content (AvgIpc) is 2.86. The van der Waals surface area contributed by atoms with Crippen molar-refractivity contribution in [2.24, 2.45) is 0 Å². The van der Waals surface area contributed by atoms with E-state index in [4.69, 9.17) is 27.9 Å². The van der Waals surface area contributed by atoms with Gasteiger partial charge >= 0.3 is 6.18 Å². The van der Waals surface area contributed by atoms with E-state index in [1.54, 1.807) is 31.2 Å². The molecule has 10 heteroatoms. The topological polar surface area (TPSA) is 58.6 Å². The minimum absolute atomic E-state index is 0.208. The van der Waals surface area contributed by atoms with Crippen LogP contribution in [0.4, 0.5) is 24.5 Å². The summed E-state index contributed by atoms with van der Waals surface area (Å²) < 4.78 is 44.6. The Morgan fingerprint density at radius 2 is 1.76 bits per heavy atom. The van der Waals surface area contributed by atoms with Crippen molar-refractivity contribution in [3.05, 3.63) is 63.8 Å². The highest BCUT2D eigenvalue weighted by molar-refractivity contribution is 6.53. The quantitative estimate of drug-likeness (QED) is 0.644. The zero-order chi connectivity index (χ0) is 21.3. The van der Waals surface area contributed by atoms with Gasteiger partial charge < -0.3 is 10.1 Å². The Balaban J connectivity index is 1.98. The van der Waals surface area contributed by atoms with Crippen LogP contribution in [-0.2, 0) is 15.8 Å². The van der Waals surface area contributed by atoms with E-state index in [0.717, 1.165) is 12.1 Å². The molecule has 0 fully saturated rings. The summed E-state index contributed by atoms with van der Waals surface area (Å²) in [7, 11) is 0. The molecule has 152 valence electrons. The third-order valence-electron chi connectivity index (χ3n) is 3.99. The van der Waals surface area contributed by atoms with E-state index in [2.05, 4.69) is 5.32 Å². The molecule has 1 aliphatic rings. The van der Waals surface area contributed by atoms with Gasteiger partial charge in [-0.1, -0.05) is 35.3 Å². The predicted octanol–water partition coefficient (Wildman–Crippen LogP) is 5.19. The lowest BCUT2D eigenvalue weighted by Gasteiger charge is -2.18. The number of alkyl halides is 3. The maximum absolute atomic E-state index is 13.0. The summed E-state index contributed by atoms with van der Waals surface area (Å²) in [4.78, 5) is 25.9. The fourth-order valence-corrected chi connectivity index (χ4v) is 3.09.